The lowest BCUT2D eigenvalue weighted by Crippen LogP contribution is -2.04. The van der Waals surface area contributed by atoms with Crippen LogP contribution in [0.1, 0.15) is 22.8 Å². The largest absolute Gasteiger partial charge is 0.182 e. The molecule has 0 fully saturated rings. The third-order valence-corrected chi connectivity index (χ3v) is 2.74. The monoisotopic (exact) mass is 268 g/mol. The van der Waals surface area contributed by atoms with Crippen molar-refractivity contribution in [2.75, 3.05) is 0 Å². The molecule has 1 aromatic carbocycles. The van der Waals surface area contributed by atoms with Crippen molar-refractivity contribution in [3.63, 3.8) is 0 Å². The fourth-order valence-corrected chi connectivity index (χ4v) is 1.74. The topological polar surface area (TPSA) is 98.1 Å². The SMILES string of the molecule is C=Cc1ccc(Cn2nnc(Cc3nn[nH]n3)n2)cc1. The normalized spacial score (nSPS) is 10.6. The van der Waals surface area contributed by atoms with Gasteiger partial charge >= 0.3 is 0 Å². The first kappa shape index (κ1) is 12.2. The van der Waals surface area contributed by atoms with Gasteiger partial charge in [-0.1, -0.05) is 42.1 Å². The van der Waals surface area contributed by atoms with Gasteiger partial charge in [0.2, 0.25) is 0 Å². The van der Waals surface area contributed by atoms with E-state index in [4.69, 9.17) is 0 Å². The number of nitrogens with one attached hydrogen (secondary N) is 1. The van der Waals surface area contributed by atoms with Crippen molar-refractivity contribution < 1.29 is 0 Å². The molecule has 3 rings (SSSR count). The molecule has 0 amide bonds. The van der Waals surface area contributed by atoms with Gasteiger partial charge in [0.25, 0.3) is 0 Å². The molecule has 0 saturated heterocycles. The van der Waals surface area contributed by atoms with Crippen LogP contribution in [-0.4, -0.2) is 40.8 Å². The van der Waals surface area contributed by atoms with Gasteiger partial charge in [-0.25, -0.2) is 0 Å². The van der Waals surface area contributed by atoms with Crippen LogP contribution in [0.25, 0.3) is 6.08 Å². The van der Waals surface area contributed by atoms with Crippen LogP contribution in [0, 0.1) is 0 Å². The van der Waals surface area contributed by atoms with Crippen LogP contribution in [0.15, 0.2) is 30.8 Å². The Bertz CT molecular complexity index is 683. The molecule has 8 nitrogen and oxygen atoms in total. The third kappa shape index (κ3) is 2.74. The highest BCUT2D eigenvalue weighted by Crippen LogP contribution is 2.06. The Morgan fingerprint density at radius 1 is 1.15 bits per heavy atom. The fraction of sp³-hybridized carbons (Fsp3) is 0.167. The molecule has 0 unspecified atom stereocenters. The second-order valence-electron chi connectivity index (χ2n) is 4.19. The van der Waals surface area contributed by atoms with Gasteiger partial charge in [0.15, 0.2) is 11.6 Å². The smallest absolute Gasteiger partial charge is 0.177 e. The standard InChI is InChI=1S/C12H12N8/c1-2-9-3-5-10(6-4-9)8-20-16-12(15-19-20)7-11-13-17-18-14-11/h2-6H,1,7-8H2,(H,13,14,17,18). The van der Waals surface area contributed by atoms with Gasteiger partial charge in [-0.3, -0.25) is 0 Å². The van der Waals surface area contributed by atoms with Gasteiger partial charge in [-0.15, -0.1) is 20.4 Å². The zero-order chi connectivity index (χ0) is 13.8. The van der Waals surface area contributed by atoms with Gasteiger partial charge in [-0.05, 0) is 16.3 Å². The molecule has 0 aliphatic carbocycles. The van der Waals surface area contributed by atoms with Crippen molar-refractivity contribution in [3.8, 4) is 0 Å². The minimum Gasteiger partial charge on any atom is -0.177 e. The number of tetrazole rings is 2. The van der Waals surface area contributed by atoms with Gasteiger partial charge in [0.05, 0.1) is 13.0 Å². The Hall–Kier alpha value is -2.90. The average molecular weight is 268 g/mol. The third-order valence-electron chi connectivity index (χ3n) is 2.74. The molecule has 20 heavy (non-hydrogen) atoms. The average Bonchev–Trinajstić information content (AvgIpc) is 3.12. The zero-order valence-electron chi connectivity index (χ0n) is 10.6. The highest BCUT2D eigenvalue weighted by atomic mass is 15.6. The van der Waals surface area contributed by atoms with Crippen molar-refractivity contribution in [1.82, 2.24) is 40.8 Å². The van der Waals surface area contributed by atoms with Crippen LogP contribution in [0.5, 0.6) is 0 Å². The maximum atomic E-state index is 4.28. The van der Waals surface area contributed by atoms with Crippen molar-refractivity contribution >= 4 is 6.08 Å². The Kier molecular flexibility index (Phi) is 3.27. The summed E-state index contributed by atoms with van der Waals surface area (Å²) in [7, 11) is 0. The van der Waals surface area contributed by atoms with Gasteiger partial charge in [0.1, 0.15) is 0 Å². The highest BCUT2D eigenvalue weighted by Gasteiger charge is 2.07. The number of aromatic amines is 1. The molecule has 8 heteroatoms. The predicted octanol–water partition coefficient (Wildman–Crippen LogP) is 0.468. The van der Waals surface area contributed by atoms with Gasteiger partial charge in [-0.2, -0.15) is 10.0 Å². The molecule has 0 spiro atoms. The van der Waals surface area contributed by atoms with Crippen LogP contribution in [0.3, 0.4) is 0 Å². The summed E-state index contributed by atoms with van der Waals surface area (Å²) in [5, 5.41) is 25.8. The summed E-state index contributed by atoms with van der Waals surface area (Å²) in [6.45, 7) is 4.29. The van der Waals surface area contributed by atoms with Crippen molar-refractivity contribution in [2.45, 2.75) is 13.0 Å². The summed E-state index contributed by atoms with van der Waals surface area (Å²) in [5.74, 6) is 1.11. The second kappa shape index (κ2) is 5.39. The van der Waals surface area contributed by atoms with Crippen LogP contribution in [0.2, 0.25) is 0 Å². The van der Waals surface area contributed by atoms with E-state index in [-0.39, 0.29) is 0 Å². The number of H-pyrrole nitrogens is 1. The minimum absolute atomic E-state index is 0.409. The molecule has 0 aliphatic rings. The van der Waals surface area contributed by atoms with E-state index in [1.807, 2.05) is 24.3 Å². The van der Waals surface area contributed by atoms with Crippen LogP contribution in [-0.2, 0) is 13.0 Å². The molecular formula is C12H12N8. The molecular weight excluding hydrogens is 256 g/mol. The summed E-state index contributed by atoms with van der Waals surface area (Å²) >= 11 is 0. The minimum atomic E-state index is 0.409. The summed E-state index contributed by atoms with van der Waals surface area (Å²) in [6.07, 6.45) is 2.21. The van der Waals surface area contributed by atoms with E-state index in [2.05, 4.69) is 42.6 Å². The van der Waals surface area contributed by atoms with Crippen molar-refractivity contribution in [2.24, 2.45) is 0 Å². The maximum Gasteiger partial charge on any atom is 0.182 e. The van der Waals surface area contributed by atoms with Crippen LogP contribution >= 0.6 is 0 Å². The molecule has 3 aromatic rings. The molecule has 1 N–H and O–H groups in total. The lowest BCUT2D eigenvalue weighted by atomic mass is 10.1. The Labute approximate surface area is 114 Å². The first-order valence-electron chi connectivity index (χ1n) is 6.04. The number of hydrogen-bond donors (Lipinski definition) is 1. The summed E-state index contributed by atoms with van der Waals surface area (Å²) in [4.78, 5) is 1.54. The van der Waals surface area contributed by atoms with E-state index in [0.29, 0.717) is 24.6 Å². The summed E-state index contributed by atoms with van der Waals surface area (Å²) in [5.41, 5.74) is 2.18. The maximum absolute atomic E-state index is 4.28. The number of nitrogens with zero attached hydrogens (tertiary/aromatic N) is 7. The first-order valence-corrected chi connectivity index (χ1v) is 6.04. The molecule has 0 radical (unpaired) electrons. The number of benzene rings is 1. The molecule has 0 saturated carbocycles. The van der Waals surface area contributed by atoms with Crippen LogP contribution < -0.4 is 0 Å². The molecule has 0 bridgehead atoms. The lowest BCUT2D eigenvalue weighted by molar-refractivity contribution is 0.570. The molecule has 2 heterocycles. The first-order chi connectivity index (χ1) is 9.83. The number of aromatic nitrogens is 8. The van der Waals surface area contributed by atoms with Crippen molar-refractivity contribution in [3.05, 3.63) is 53.6 Å². The van der Waals surface area contributed by atoms with E-state index in [1.54, 1.807) is 10.9 Å². The van der Waals surface area contributed by atoms with Gasteiger partial charge < -0.3 is 0 Å². The Morgan fingerprint density at radius 2 is 2.00 bits per heavy atom. The van der Waals surface area contributed by atoms with E-state index >= 15 is 0 Å². The Balaban J connectivity index is 1.68. The van der Waals surface area contributed by atoms with E-state index in [0.717, 1.165) is 11.1 Å². The van der Waals surface area contributed by atoms with Crippen molar-refractivity contribution in [1.29, 1.82) is 0 Å². The quantitative estimate of drug-likeness (QED) is 0.722. The highest BCUT2D eigenvalue weighted by molar-refractivity contribution is 5.47. The summed E-state index contributed by atoms with van der Waals surface area (Å²) in [6, 6.07) is 8.03. The molecule has 100 valence electrons. The number of rotatable bonds is 5. The van der Waals surface area contributed by atoms with E-state index in [9.17, 15) is 0 Å². The predicted molar refractivity (Wildman–Crippen MR) is 70.4 cm³/mol. The molecule has 2 aromatic heterocycles. The van der Waals surface area contributed by atoms with E-state index < -0.39 is 0 Å². The molecule has 0 aliphatic heterocycles. The molecule has 0 atom stereocenters. The van der Waals surface area contributed by atoms with Crippen LogP contribution in [0.4, 0.5) is 0 Å². The number of hydrogen-bond acceptors (Lipinski definition) is 6. The second-order valence-corrected chi connectivity index (χ2v) is 4.19. The fourth-order valence-electron chi connectivity index (χ4n) is 1.74. The zero-order valence-corrected chi connectivity index (χ0v) is 10.6. The summed E-state index contributed by atoms with van der Waals surface area (Å²) < 4.78 is 0. The lowest BCUT2D eigenvalue weighted by Gasteiger charge is -2.00. The van der Waals surface area contributed by atoms with E-state index in [1.165, 1.54) is 0 Å². The van der Waals surface area contributed by atoms with Gasteiger partial charge in [0, 0.05) is 0 Å². The Morgan fingerprint density at radius 3 is 2.70 bits per heavy atom.